The van der Waals surface area contributed by atoms with Crippen LogP contribution in [0.5, 0.6) is 0 Å². The second kappa shape index (κ2) is 11.4. The van der Waals surface area contributed by atoms with Gasteiger partial charge in [0.1, 0.15) is 5.82 Å². The highest BCUT2D eigenvalue weighted by Gasteiger charge is 2.35. The maximum Gasteiger partial charge on any atom is 0.419 e. The number of halogens is 4. The Bertz CT molecular complexity index is 1330. The molecule has 2 aromatic carbocycles. The third-order valence-electron chi connectivity index (χ3n) is 5.60. The average Bonchev–Trinajstić information content (AvgIpc) is 2.80. The van der Waals surface area contributed by atoms with Gasteiger partial charge in [-0.1, -0.05) is 25.1 Å². The fourth-order valence-electron chi connectivity index (χ4n) is 3.95. The smallest absolute Gasteiger partial charge is 0.419 e. The Labute approximate surface area is 204 Å². The number of carbonyl (C=O) groups is 2. The van der Waals surface area contributed by atoms with Crippen molar-refractivity contribution in [2.45, 2.75) is 52.3 Å². The Morgan fingerprint density at radius 3 is 2.47 bits per heavy atom. The number of esters is 1. The van der Waals surface area contributed by atoms with Gasteiger partial charge in [0.2, 0.25) is 5.91 Å². The summed E-state index contributed by atoms with van der Waals surface area (Å²) in [5.41, 5.74) is -1.14. The summed E-state index contributed by atoms with van der Waals surface area (Å²) in [6, 6.07) is 7.79. The normalized spacial score (nSPS) is 11.5. The van der Waals surface area contributed by atoms with Crippen LogP contribution in [-0.4, -0.2) is 23.1 Å². The first kappa shape index (κ1) is 26.9. The second-order valence-electron chi connectivity index (χ2n) is 8.32. The van der Waals surface area contributed by atoms with Crippen LogP contribution in [0.1, 0.15) is 43.4 Å². The fraction of sp³-hybridized carbons (Fsp3) is 0.346. The number of fused-ring (bicyclic) bond motifs is 1. The predicted molar refractivity (Wildman–Crippen MR) is 127 cm³/mol. The number of nitrogens with one attached hydrogen (secondary N) is 1. The van der Waals surface area contributed by atoms with Crippen LogP contribution in [0.4, 0.5) is 23.2 Å². The van der Waals surface area contributed by atoms with Crippen molar-refractivity contribution in [3.05, 3.63) is 75.5 Å². The molecule has 0 radical (unpaired) electrons. The van der Waals surface area contributed by atoms with Gasteiger partial charge in [-0.15, -0.1) is 0 Å². The van der Waals surface area contributed by atoms with E-state index in [1.54, 1.807) is 29.0 Å². The van der Waals surface area contributed by atoms with E-state index in [0.717, 1.165) is 18.6 Å². The molecule has 10 heteroatoms. The van der Waals surface area contributed by atoms with Crippen molar-refractivity contribution in [1.82, 2.24) is 4.57 Å². The quantitative estimate of drug-likeness (QED) is 0.245. The lowest BCUT2D eigenvalue weighted by Crippen LogP contribution is -2.21. The molecule has 3 aromatic rings. The molecule has 0 bridgehead atoms. The maximum absolute atomic E-state index is 14.5. The van der Waals surface area contributed by atoms with E-state index in [1.807, 2.05) is 6.92 Å². The summed E-state index contributed by atoms with van der Waals surface area (Å²) in [7, 11) is 0. The molecule has 0 aliphatic carbocycles. The molecule has 3 rings (SSSR count). The van der Waals surface area contributed by atoms with Crippen LogP contribution in [0.3, 0.4) is 0 Å². The summed E-state index contributed by atoms with van der Waals surface area (Å²) in [5.74, 6) is -2.66. The third-order valence-corrected chi connectivity index (χ3v) is 5.60. The van der Waals surface area contributed by atoms with Gasteiger partial charge in [-0.05, 0) is 48.6 Å². The molecule has 36 heavy (non-hydrogen) atoms. The van der Waals surface area contributed by atoms with E-state index < -0.39 is 41.4 Å². The number of anilines is 1. The first-order valence-electron chi connectivity index (χ1n) is 11.5. The zero-order chi connectivity index (χ0) is 26.5. The number of benzene rings is 2. The number of rotatable bonds is 9. The Morgan fingerprint density at radius 1 is 1.06 bits per heavy atom. The van der Waals surface area contributed by atoms with Crippen molar-refractivity contribution < 1.29 is 31.9 Å². The van der Waals surface area contributed by atoms with Crippen LogP contribution in [0.15, 0.2) is 47.4 Å². The number of amides is 1. The van der Waals surface area contributed by atoms with Crippen LogP contribution in [0, 0.1) is 5.82 Å². The van der Waals surface area contributed by atoms with E-state index in [0.29, 0.717) is 47.5 Å². The molecular formula is C26H26F4N2O4. The predicted octanol–water partition coefficient (Wildman–Crippen LogP) is 5.25. The topological polar surface area (TPSA) is 77.4 Å². The summed E-state index contributed by atoms with van der Waals surface area (Å²) >= 11 is 0. The molecular weight excluding hydrogens is 480 g/mol. The van der Waals surface area contributed by atoms with Gasteiger partial charge in [0.25, 0.3) is 5.56 Å². The Balaban J connectivity index is 1.96. The number of aryl methyl sites for hydroxylation is 2. The van der Waals surface area contributed by atoms with Crippen LogP contribution in [0.25, 0.3) is 10.8 Å². The van der Waals surface area contributed by atoms with E-state index in [1.165, 1.54) is 6.92 Å². The van der Waals surface area contributed by atoms with Gasteiger partial charge < -0.3 is 14.6 Å². The summed E-state index contributed by atoms with van der Waals surface area (Å²) < 4.78 is 60.1. The van der Waals surface area contributed by atoms with Gasteiger partial charge in [-0.3, -0.25) is 14.4 Å². The highest BCUT2D eigenvalue weighted by Crippen LogP contribution is 2.33. The number of carbonyl (C=O) groups excluding carboxylic acids is 2. The largest absolute Gasteiger partial charge is 0.466 e. The third kappa shape index (κ3) is 6.30. The monoisotopic (exact) mass is 506 g/mol. The Kier molecular flexibility index (Phi) is 8.49. The zero-order valence-electron chi connectivity index (χ0n) is 19.9. The molecule has 0 aliphatic heterocycles. The lowest BCUT2D eigenvalue weighted by Gasteiger charge is -2.16. The van der Waals surface area contributed by atoms with Gasteiger partial charge in [-0.2, -0.15) is 13.2 Å². The molecule has 1 amide bonds. The zero-order valence-corrected chi connectivity index (χ0v) is 19.9. The molecule has 192 valence electrons. The molecule has 1 heterocycles. The molecule has 1 N–H and O–H groups in total. The van der Waals surface area contributed by atoms with Gasteiger partial charge in [0.05, 0.1) is 24.3 Å². The van der Waals surface area contributed by atoms with Gasteiger partial charge >= 0.3 is 12.1 Å². The van der Waals surface area contributed by atoms with Gasteiger partial charge in [0, 0.05) is 30.4 Å². The van der Waals surface area contributed by atoms with Crippen LogP contribution >= 0.6 is 0 Å². The van der Waals surface area contributed by atoms with E-state index in [2.05, 4.69) is 5.32 Å². The second-order valence-corrected chi connectivity index (χ2v) is 8.32. The molecule has 0 aliphatic rings. The summed E-state index contributed by atoms with van der Waals surface area (Å²) in [4.78, 5) is 36.8. The molecule has 0 fully saturated rings. The minimum Gasteiger partial charge on any atom is -0.466 e. The van der Waals surface area contributed by atoms with Crippen LogP contribution in [0.2, 0.25) is 0 Å². The highest BCUT2D eigenvalue weighted by molar-refractivity contribution is 6.03. The molecule has 0 saturated carbocycles. The van der Waals surface area contributed by atoms with Crippen molar-refractivity contribution >= 4 is 28.3 Å². The Hall–Kier alpha value is -3.69. The lowest BCUT2D eigenvalue weighted by atomic mass is 10.0. The van der Waals surface area contributed by atoms with E-state index in [-0.39, 0.29) is 12.2 Å². The minimum absolute atomic E-state index is 0.147. The molecule has 0 saturated heterocycles. The van der Waals surface area contributed by atoms with E-state index >= 15 is 0 Å². The lowest BCUT2D eigenvalue weighted by molar-refractivity contribution is -0.141. The van der Waals surface area contributed by atoms with Crippen molar-refractivity contribution in [3.8, 4) is 0 Å². The molecule has 0 atom stereocenters. The highest BCUT2D eigenvalue weighted by atomic mass is 19.4. The SMILES string of the molecule is CCCn1ccc2c(NC(=O)Cc3cccc(C(F)(F)F)c3F)c(CCCOC(C)=O)ccc2c1=O. The standard InChI is InChI=1S/C26H26F4N2O4/c1-3-12-32-13-11-19-20(25(32)35)10-9-17(7-5-14-36-16(2)33)24(19)31-22(34)15-18-6-4-8-21(23(18)27)26(28,29)30/h4,6,8-11,13H,3,5,7,12,14-15H2,1-2H3,(H,31,34). The summed E-state index contributed by atoms with van der Waals surface area (Å²) in [6.45, 7) is 3.88. The number of hydrogen-bond donors (Lipinski definition) is 1. The number of alkyl halides is 3. The number of hydrogen-bond acceptors (Lipinski definition) is 4. The number of aromatic nitrogens is 1. The average molecular weight is 506 g/mol. The fourth-order valence-corrected chi connectivity index (χ4v) is 3.95. The van der Waals surface area contributed by atoms with Crippen molar-refractivity contribution in [2.24, 2.45) is 0 Å². The van der Waals surface area contributed by atoms with Crippen molar-refractivity contribution in [1.29, 1.82) is 0 Å². The van der Waals surface area contributed by atoms with Crippen LogP contribution < -0.4 is 10.9 Å². The minimum atomic E-state index is -4.89. The first-order valence-corrected chi connectivity index (χ1v) is 11.5. The summed E-state index contributed by atoms with van der Waals surface area (Å²) in [6.07, 6.45) is -2.35. The number of nitrogens with zero attached hydrogens (tertiary/aromatic N) is 1. The molecule has 1 aromatic heterocycles. The summed E-state index contributed by atoms with van der Waals surface area (Å²) in [5, 5.41) is 3.48. The van der Waals surface area contributed by atoms with E-state index in [9.17, 15) is 31.9 Å². The first-order chi connectivity index (χ1) is 17.0. The van der Waals surface area contributed by atoms with Crippen molar-refractivity contribution in [3.63, 3.8) is 0 Å². The Morgan fingerprint density at radius 2 is 1.81 bits per heavy atom. The van der Waals surface area contributed by atoms with Gasteiger partial charge in [0.15, 0.2) is 0 Å². The number of pyridine rings is 1. The molecule has 6 nitrogen and oxygen atoms in total. The van der Waals surface area contributed by atoms with Crippen molar-refractivity contribution in [2.75, 3.05) is 11.9 Å². The molecule has 0 spiro atoms. The maximum atomic E-state index is 14.5. The van der Waals surface area contributed by atoms with Gasteiger partial charge in [-0.25, -0.2) is 4.39 Å². The molecule has 0 unspecified atom stereocenters. The van der Waals surface area contributed by atoms with Crippen LogP contribution in [-0.2, 0) is 39.9 Å². The number of ether oxygens (including phenoxy) is 1. The van der Waals surface area contributed by atoms with E-state index in [4.69, 9.17) is 4.74 Å².